The van der Waals surface area contributed by atoms with Gasteiger partial charge in [0, 0.05) is 6.42 Å². The zero-order chi connectivity index (χ0) is 59.8. The second-order valence-electron chi connectivity index (χ2n) is 27.4. The van der Waals surface area contributed by atoms with E-state index in [9.17, 15) is 19.4 Å². The predicted octanol–water partition coefficient (Wildman–Crippen LogP) is 23.9. The number of phosphoric acid groups is 1. The first-order valence-corrected chi connectivity index (χ1v) is 38.9. The van der Waals surface area contributed by atoms with Crippen molar-refractivity contribution in [2.45, 2.75) is 424 Å². The summed E-state index contributed by atoms with van der Waals surface area (Å²) in [6, 6.07) is -0.757. The van der Waals surface area contributed by atoms with Gasteiger partial charge >= 0.3 is 7.82 Å². The first-order chi connectivity index (χ1) is 40.0. The van der Waals surface area contributed by atoms with E-state index in [1.807, 2.05) is 21.1 Å². The number of hydrogen-bond acceptors (Lipinski definition) is 5. The third kappa shape index (κ3) is 67.0. The van der Waals surface area contributed by atoms with Crippen LogP contribution in [-0.2, 0) is 18.4 Å². The Morgan fingerprint density at radius 3 is 0.817 bits per heavy atom. The fourth-order valence-corrected chi connectivity index (χ4v) is 12.8. The van der Waals surface area contributed by atoms with Gasteiger partial charge in [0.15, 0.2) is 0 Å². The van der Waals surface area contributed by atoms with Crippen LogP contribution in [0.15, 0.2) is 0 Å². The van der Waals surface area contributed by atoms with E-state index in [4.69, 9.17) is 9.05 Å². The van der Waals surface area contributed by atoms with E-state index in [0.717, 1.165) is 38.5 Å². The highest BCUT2D eigenvalue weighted by molar-refractivity contribution is 7.47. The van der Waals surface area contributed by atoms with Crippen LogP contribution in [0.2, 0.25) is 0 Å². The van der Waals surface area contributed by atoms with Gasteiger partial charge in [-0.15, -0.1) is 0 Å². The molecule has 0 saturated carbocycles. The van der Waals surface area contributed by atoms with Crippen molar-refractivity contribution in [1.29, 1.82) is 0 Å². The Labute approximate surface area is 514 Å². The lowest BCUT2D eigenvalue weighted by Gasteiger charge is -2.26. The van der Waals surface area contributed by atoms with E-state index in [2.05, 4.69) is 19.2 Å². The van der Waals surface area contributed by atoms with Crippen LogP contribution >= 0.6 is 7.82 Å². The van der Waals surface area contributed by atoms with Gasteiger partial charge in [-0.05, 0) is 12.8 Å². The molecule has 8 nitrogen and oxygen atoms in total. The van der Waals surface area contributed by atoms with Gasteiger partial charge in [0.1, 0.15) is 13.2 Å². The maximum atomic E-state index is 13.1. The predicted molar refractivity (Wildman–Crippen MR) is 360 cm³/mol. The zero-order valence-electron chi connectivity index (χ0n) is 56.5. The van der Waals surface area contributed by atoms with E-state index in [0.29, 0.717) is 23.9 Å². The van der Waals surface area contributed by atoms with Crippen LogP contribution in [0.3, 0.4) is 0 Å². The van der Waals surface area contributed by atoms with Crippen LogP contribution < -0.4 is 5.32 Å². The number of nitrogens with zero attached hydrogens (tertiary/aromatic N) is 1. The Morgan fingerprint density at radius 1 is 0.366 bits per heavy atom. The summed E-state index contributed by atoms with van der Waals surface area (Å²) in [5, 5.41) is 14.2. The van der Waals surface area contributed by atoms with Crippen LogP contribution in [0.4, 0.5) is 0 Å². The molecule has 0 bridgehead atoms. The number of carbonyl (C=O) groups excluding carboxylic acids is 1. The highest BCUT2D eigenvalue weighted by Gasteiger charge is 2.28. The average Bonchev–Trinajstić information content (AvgIpc) is 3.45. The fourth-order valence-electron chi connectivity index (χ4n) is 12.1. The summed E-state index contributed by atoms with van der Waals surface area (Å²) in [7, 11) is 1.64. The Hall–Kier alpha value is -0.500. The lowest BCUT2D eigenvalue weighted by atomic mass is 10.0. The molecular weight excluding hydrogens is 1030 g/mol. The molecule has 82 heavy (non-hydrogen) atoms. The van der Waals surface area contributed by atoms with Gasteiger partial charge in [0.25, 0.3) is 0 Å². The number of rotatable bonds is 71. The van der Waals surface area contributed by atoms with Crippen molar-refractivity contribution in [3.8, 4) is 0 Å². The van der Waals surface area contributed by atoms with Crippen molar-refractivity contribution in [3.05, 3.63) is 0 Å². The third-order valence-corrected chi connectivity index (χ3v) is 18.8. The number of aliphatic hydroxyl groups is 1. The molecule has 0 fully saturated rings. The molecule has 3 atom stereocenters. The second-order valence-corrected chi connectivity index (χ2v) is 28.9. The van der Waals surface area contributed by atoms with Crippen molar-refractivity contribution in [1.82, 2.24) is 5.32 Å². The van der Waals surface area contributed by atoms with Gasteiger partial charge in [-0.2, -0.15) is 0 Å². The largest absolute Gasteiger partial charge is 0.472 e. The van der Waals surface area contributed by atoms with E-state index < -0.39 is 20.0 Å². The van der Waals surface area contributed by atoms with Crippen molar-refractivity contribution in [2.24, 2.45) is 0 Å². The summed E-state index contributed by atoms with van der Waals surface area (Å²) in [6.07, 6.45) is 82.3. The number of quaternary nitrogens is 1. The molecule has 0 saturated heterocycles. The summed E-state index contributed by atoms with van der Waals surface area (Å²) in [6.45, 7) is 4.97. The summed E-state index contributed by atoms with van der Waals surface area (Å²) < 4.78 is 23.9. The smallest absolute Gasteiger partial charge is 0.391 e. The number of phosphoric ester groups is 1. The Morgan fingerprint density at radius 2 is 0.585 bits per heavy atom. The van der Waals surface area contributed by atoms with Gasteiger partial charge in [-0.25, -0.2) is 4.57 Å². The number of hydrogen-bond donors (Lipinski definition) is 3. The van der Waals surface area contributed by atoms with Crippen LogP contribution in [0, 0.1) is 0 Å². The molecule has 0 aromatic rings. The van der Waals surface area contributed by atoms with Crippen LogP contribution in [0.5, 0.6) is 0 Å². The summed E-state index contributed by atoms with van der Waals surface area (Å²) >= 11 is 0. The van der Waals surface area contributed by atoms with E-state index in [1.54, 1.807) is 0 Å². The fraction of sp³-hybridized carbons (Fsp3) is 0.986. The van der Waals surface area contributed by atoms with Crippen LogP contribution in [0.1, 0.15) is 412 Å². The summed E-state index contributed by atoms with van der Waals surface area (Å²) in [4.78, 5) is 23.5. The van der Waals surface area contributed by atoms with Crippen LogP contribution in [0.25, 0.3) is 0 Å². The number of carbonyl (C=O) groups is 1. The standard InChI is InChI=1S/C73H149N2O6P/c1-6-8-10-12-14-16-18-20-22-24-26-28-30-32-33-34-35-36-37-38-39-40-41-43-45-47-49-51-53-55-57-59-61-63-65-67-73(77)74-71(70-81-82(78,79)80-69-68-75(3,4)5)72(76)66-64-62-60-58-56-54-52-50-48-46-44-42-31-29-27-25-23-21-19-17-15-13-11-9-7-2/h71-72,76H,6-70H2,1-5H3,(H-,74,77,78,79)/p+1. The molecule has 0 aliphatic carbocycles. The lowest BCUT2D eigenvalue weighted by molar-refractivity contribution is -0.870. The first kappa shape index (κ1) is 81.5. The molecule has 0 aromatic heterocycles. The number of amides is 1. The molecule has 0 aliphatic rings. The molecule has 0 aromatic carbocycles. The first-order valence-electron chi connectivity index (χ1n) is 37.4. The molecule has 1 amide bonds. The van der Waals surface area contributed by atoms with Crippen LogP contribution in [-0.4, -0.2) is 73.4 Å². The highest BCUT2D eigenvalue weighted by atomic mass is 31.2. The van der Waals surface area contributed by atoms with Gasteiger partial charge in [-0.3, -0.25) is 13.8 Å². The van der Waals surface area contributed by atoms with Gasteiger partial charge in [0.05, 0.1) is 39.9 Å². The third-order valence-electron chi connectivity index (χ3n) is 17.9. The zero-order valence-corrected chi connectivity index (χ0v) is 57.4. The van der Waals surface area contributed by atoms with Gasteiger partial charge in [-0.1, -0.05) is 393 Å². The monoisotopic (exact) mass is 1180 g/mol. The Kier molecular flexibility index (Phi) is 64.6. The van der Waals surface area contributed by atoms with Crippen molar-refractivity contribution < 1.29 is 32.9 Å². The highest BCUT2D eigenvalue weighted by Crippen LogP contribution is 2.43. The Bertz CT molecular complexity index is 1300. The average molecular weight is 1180 g/mol. The molecule has 492 valence electrons. The molecular formula is C73H150N2O6P+. The molecule has 0 spiro atoms. The normalized spacial score (nSPS) is 13.5. The maximum absolute atomic E-state index is 13.1. The molecule has 9 heteroatoms. The minimum Gasteiger partial charge on any atom is -0.391 e. The van der Waals surface area contributed by atoms with E-state index in [1.165, 1.54) is 347 Å². The van der Waals surface area contributed by atoms with Gasteiger partial charge in [0.2, 0.25) is 5.91 Å². The minimum atomic E-state index is -4.33. The lowest BCUT2D eigenvalue weighted by Crippen LogP contribution is -2.46. The van der Waals surface area contributed by atoms with E-state index >= 15 is 0 Å². The number of nitrogens with one attached hydrogen (secondary N) is 1. The molecule has 0 heterocycles. The minimum absolute atomic E-state index is 0.0795. The van der Waals surface area contributed by atoms with Crippen molar-refractivity contribution in [2.75, 3.05) is 40.9 Å². The quantitative estimate of drug-likeness (QED) is 0.0318. The molecule has 3 N–H and O–H groups in total. The number of aliphatic hydroxyl groups excluding tert-OH is 1. The molecule has 0 aliphatic heterocycles. The number of unbranched alkanes of at least 4 members (excludes halogenated alkanes) is 58. The topological polar surface area (TPSA) is 105 Å². The number of likely N-dealkylation sites (N-methyl/N-ethyl adjacent to an activating group) is 1. The molecule has 0 rings (SSSR count). The molecule has 3 unspecified atom stereocenters. The van der Waals surface area contributed by atoms with E-state index in [-0.39, 0.29) is 19.1 Å². The van der Waals surface area contributed by atoms with Gasteiger partial charge < -0.3 is 19.8 Å². The summed E-state index contributed by atoms with van der Waals surface area (Å²) in [5.41, 5.74) is 0. The van der Waals surface area contributed by atoms with Crippen molar-refractivity contribution in [3.63, 3.8) is 0 Å². The SMILES string of the molecule is CCCCCCCCCCCCCCCCCCCCCCCCCCCCCCCCCCCCCC(=O)NC(COP(=O)(O)OCC[N+](C)(C)C)C(O)CCCCCCCCCCCCCCCCCCCCCCCCCCC. The maximum Gasteiger partial charge on any atom is 0.472 e. The second kappa shape index (κ2) is 65.0. The molecule has 0 radical (unpaired) electrons. The Balaban J connectivity index is 3.91. The van der Waals surface area contributed by atoms with Crippen molar-refractivity contribution >= 4 is 13.7 Å². The summed E-state index contributed by atoms with van der Waals surface area (Å²) in [5.74, 6) is -0.132.